The summed E-state index contributed by atoms with van der Waals surface area (Å²) in [6.07, 6.45) is 0. The molecule has 1 saturated heterocycles. The van der Waals surface area contributed by atoms with Crippen LogP contribution >= 0.6 is 11.6 Å². The molecule has 2 aliphatic rings. The first kappa shape index (κ1) is 21.7. The van der Waals surface area contributed by atoms with Crippen molar-refractivity contribution < 1.29 is 23.7 Å². The molecule has 10 heteroatoms. The number of imide groups is 1. The first-order valence-corrected chi connectivity index (χ1v) is 10.6. The minimum atomic E-state index is -1.27. The Morgan fingerprint density at radius 2 is 1.59 bits per heavy atom. The Bertz CT molecular complexity index is 1410. The van der Waals surface area contributed by atoms with E-state index in [2.05, 4.69) is 0 Å². The number of β-lactam (4-membered cyclic amide) rings is 1. The SMILES string of the molecule is Cc1c(Cl)cccc1N1C(=O)[C@@H](N2C(=O)c3cccc([N+](=O)[O-])c3C2=O)[C@@H]1c1ccc(F)cc1. The molecule has 2 aliphatic heterocycles. The van der Waals surface area contributed by atoms with Crippen LogP contribution in [0, 0.1) is 22.9 Å². The van der Waals surface area contributed by atoms with Crippen LogP contribution < -0.4 is 4.90 Å². The summed E-state index contributed by atoms with van der Waals surface area (Å²) in [5.74, 6) is -2.76. The van der Waals surface area contributed by atoms with Crippen LogP contribution in [-0.4, -0.2) is 33.6 Å². The number of anilines is 1. The number of nitro benzene ring substituents is 1. The van der Waals surface area contributed by atoms with Gasteiger partial charge in [-0.15, -0.1) is 0 Å². The average Bonchev–Trinajstić information content (AvgIpc) is 3.06. The highest BCUT2D eigenvalue weighted by Gasteiger charge is 2.58. The molecule has 2 heterocycles. The molecule has 3 aromatic carbocycles. The van der Waals surface area contributed by atoms with E-state index in [4.69, 9.17) is 11.6 Å². The van der Waals surface area contributed by atoms with Crippen LogP contribution in [0.3, 0.4) is 0 Å². The van der Waals surface area contributed by atoms with E-state index in [0.29, 0.717) is 21.8 Å². The number of amides is 3. The first-order valence-electron chi connectivity index (χ1n) is 10.2. The molecule has 2 atom stereocenters. The third-order valence-electron chi connectivity index (χ3n) is 6.18. The number of fused-ring (bicyclic) bond motifs is 1. The van der Waals surface area contributed by atoms with Gasteiger partial charge in [0.1, 0.15) is 17.4 Å². The normalized spacial score (nSPS) is 19.3. The highest BCUT2D eigenvalue weighted by Crippen LogP contribution is 2.46. The van der Waals surface area contributed by atoms with E-state index < -0.39 is 46.2 Å². The standard InChI is InChI=1S/C24H15ClFN3O5/c1-12-16(25)5-3-6-17(12)27-20(13-8-10-14(26)11-9-13)21(24(27)32)28-22(30)15-4-2-7-18(29(33)34)19(15)23(28)31/h2-11,20-21H,1H3/t20-,21-/m0/s1. The molecule has 170 valence electrons. The number of nitrogens with zero attached hydrogens (tertiary/aromatic N) is 3. The maximum atomic E-state index is 13.6. The third-order valence-corrected chi connectivity index (χ3v) is 6.59. The average molecular weight is 480 g/mol. The van der Waals surface area contributed by atoms with E-state index in [0.717, 1.165) is 11.0 Å². The van der Waals surface area contributed by atoms with Crippen molar-refractivity contribution in [2.75, 3.05) is 4.90 Å². The molecular formula is C24H15ClFN3O5. The number of nitro groups is 1. The van der Waals surface area contributed by atoms with Gasteiger partial charge in [-0.05, 0) is 48.4 Å². The van der Waals surface area contributed by atoms with Gasteiger partial charge in [0.2, 0.25) is 0 Å². The quantitative estimate of drug-likeness (QED) is 0.238. The fourth-order valence-corrected chi connectivity index (χ4v) is 4.70. The molecule has 0 radical (unpaired) electrons. The number of hydrogen-bond acceptors (Lipinski definition) is 5. The van der Waals surface area contributed by atoms with Crippen LogP contribution in [0.5, 0.6) is 0 Å². The number of benzene rings is 3. The van der Waals surface area contributed by atoms with Gasteiger partial charge in [-0.1, -0.05) is 35.9 Å². The van der Waals surface area contributed by atoms with E-state index >= 15 is 0 Å². The molecule has 3 aromatic rings. The molecule has 0 N–H and O–H groups in total. The van der Waals surface area contributed by atoms with Crippen LogP contribution in [0.1, 0.15) is 37.9 Å². The Balaban J connectivity index is 1.63. The zero-order valence-electron chi connectivity index (χ0n) is 17.6. The summed E-state index contributed by atoms with van der Waals surface area (Å²) < 4.78 is 13.6. The summed E-state index contributed by atoms with van der Waals surface area (Å²) in [4.78, 5) is 52.8. The van der Waals surface area contributed by atoms with Crippen molar-refractivity contribution in [1.29, 1.82) is 0 Å². The van der Waals surface area contributed by atoms with Gasteiger partial charge in [-0.3, -0.25) is 29.4 Å². The number of carbonyl (C=O) groups is 3. The number of halogens is 2. The van der Waals surface area contributed by atoms with Crippen LogP contribution in [0.4, 0.5) is 15.8 Å². The number of hydrogen-bond donors (Lipinski definition) is 0. The molecule has 1 fully saturated rings. The summed E-state index contributed by atoms with van der Waals surface area (Å²) >= 11 is 6.25. The minimum absolute atomic E-state index is 0.137. The van der Waals surface area contributed by atoms with Gasteiger partial charge in [0, 0.05) is 16.8 Å². The van der Waals surface area contributed by atoms with Crippen molar-refractivity contribution in [2.45, 2.75) is 19.0 Å². The predicted molar refractivity (Wildman–Crippen MR) is 120 cm³/mol. The maximum absolute atomic E-state index is 13.6. The van der Waals surface area contributed by atoms with Gasteiger partial charge >= 0.3 is 0 Å². The summed E-state index contributed by atoms with van der Waals surface area (Å²) in [6.45, 7) is 1.73. The summed E-state index contributed by atoms with van der Waals surface area (Å²) in [6, 6.07) is 12.0. The second-order valence-corrected chi connectivity index (χ2v) is 8.38. The Labute approximate surface area is 197 Å². The fourth-order valence-electron chi connectivity index (χ4n) is 4.53. The van der Waals surface area contributed by atoms with Crippen molar-refractivity contribution in [3.05, 3.63) is 104 Å². The molecule has 0 aromatic heterocycles. The van der Waals surface area contributed by atoms with Gasteiger partial charge in [-0.2, -0.15) is 0 Å². The van der Waals surface area contributed by atoms with Gasteiger partial charge in [0.25, 0.3) is 23.4 Å². The summed E-state index contributed by atoms with van der Waals surface area (Å²) in [7, 11) is 0. The second kappa shape index (κ2) is 7.74. The fraction of sp³-hybridized carbons (Fsp3) is 0.125. The number of carbonyl (C=O) groups excluding carboxylic acids is 3. The van der Waals surface area contributed by atoms with Gasteiger partial charge in [-0.25, -0.2) is 4.39 Å². The Kier molecular flexibility index (Phi) is 4.94. The van der Waals surface area contributed by atoms with Crippen molar-refractivity contribution in [1.82, 2.24) is 4.90 Å². The van der Waals surface area contributed by atoms with Crippen molar-refractivity contribution in [3.8, 4) is 0 Å². The summed E-state index contributed by atoms with van der Waals surface area (Å²) in [5.41, 5.74) is 0.581. The maximum Gasteiger partial charge on any atom is 0.282 e. The Morgan fingerprint density at radius 1 is 0.912 bits per heavy atom. The van der Waals surface area contributed by atoms with Crippen molar-refractivity contribution >= 4 is 40.7 Å². The molecule has 34 heavy (non-hydrogen) atoms. The molecule has 5 rings (SSSR count). The smallest absolute Gasteiger partial charge is 0.282 e. The predicted octanol–water partition coefficient (Wildman–Crippen LogP) is 4.45. The molecule has 0 saturated carbocycles. The van der Waals surface area contributed by atoms with Gasteiger partial charge in [0.15, 0.2) is 0 Å². The lowest BCUT2D eigenvalue weighted by Crippen LogP contribution is -2.67. The lowest BCUT2D eigenvalue weighted by Gasteiger charge is -2.50. The molecular weight excluding hydrogens is 465 g/mol. The lowest BCUT2D eigenvalue weighted by molar-refractivity contribution is -0.385. The Morgan fingerprint density at radius 3 is 2.26 bits per heavy atom. The first-order chi connectivity index (χ1) is 16.2. The van der Waals surface area contributed by atoms with E-state index in [1.54, 1.807) is 25.1 Å². The second-order valence-electron chi connectivity index (χ2n) is 7.97. The van der Waals surface area contributed by atoms with Crippen molar-refractivity contribution in [3.63, 3.8) is 0 Å². The topological polar surface area (TPSA) is 101 Å². The highest BCUT2D eigenvalue weighted by atomic mass is 35.5. The summed E-state index contributed by atoms with van der Waals surface area (Å²) in [5, 5.41) is 11.9. The van der Waals surface area contributed by atoms with Crippen LogP contribution in [0.2, 0.25) is 5.02 Å². The van der Waals surface area contributed by atoms with Crippen molar-refractivity contribution in [2.24, 2.45) is 0 Å². The zero-order chi connectivity index (χ0) is 24.3. The lowest BCUT2D eigenvalue weighted by atomic mass is 9.85. The van der Waals surface area contributed by atoms with E-state index in [9.17, 15) is 28.9 Å². The minimum Gasteiger partial charge on any atom is -0.300 e. The largest absolute Gasteiger partial charge is 0.300 e. The van der Waals surface area contributed by atoms with Crippen LogP contribution in [0.25, 0.3) is 0 Å². The van der Waals surface area contributed by atoms with Gasteiger partial charge in [0.05, 0.1) is 16.5 Å². The molecule has 0 bridgehead atoms. The zero-order valence-corrected chi connectivity index (χ0v) is 18.3. The molecule has 3 amide bonds. The van der Waals surface area contributed by atoms with E-state index in [1.807, 2.05) is 0 Å². The number of rotatable bonds is 4. The van der Waals surface area contributed by atoms with E-state index in [-0.39, 0.29) is 11.1 Å². The van der Waals surface area contributed by atoms with Crippen LogP contribution in [-0.2, 0) is 4.79 Å². The molecule has 0 spiro atoms. The van der Waals surface area contributed by atoms with Gasteiger partial charge < -0.3 is 4.90 Å². The molecule has 0 aliphatic carbocycles. The van der Waals surface area contributed by atoms with Crippen LogP contribution in [0.15, 0.2) is 60.7 Å². The monoisotopic (exact) mass is 479 g/mol. The Hall–Kier alpha value is -4.11. The molecule has 8 nitrogen and oxygen atoms in total. The third kappa shape index (κ3) is 3.01. The highest BCUT2D eigenvalue weighted by molar-refractivity contribution is 6.32. The molecule has 0 unspecified atom stereocenters. The van der Waals surface area contributed by atoms with E-state index in [1.165, 1.54) is 41.3 Å².